The van der Waals surface area contributed by atoms with E-state index in [2.05, 4.69) is 26.8 Å². The summed E-state index contributed by atoms with van der Waals surface area (Å²) in [5.41, 5.74) is 7.83. The van der Waals surface area contributed by atoms with Gasteiger partial charge in [-0.1, -0.05) is 44.9 Å². The van der Waals surface area contributed by atoms with Gasteiger partial charge in [-0.2, -0.15) is 0 Å². The third-order valence-corrected chi connectivity index (χ3v) is 3.88. The molecular formula is C18H30N2O. The van der Waals surface area contributed by atoms with Crippen LogP contribution >= 0.6 is 0 Å². The normalized spacial score (nSPS) is 10.9. The second kappa shape index (κ2) is 9.56. The monoisotopic (exact) mass is 290 g/mol. The van der Waals surface area contributed by atoms with Crippen LogP contribution in [-0.2, 0) is 4.79 Å². The van der Waals surface area contributed by atoms with E-state index in [0.717, 1.165) is 43.4 Å². The number of amides is 1. The van der Waals surface area contributed by atoms with E-state index in [4.69, 9.17) is 5.73 Å². The maximum atomic E-state index is 13.0. The molecule has 0 aliphatic carbocycles. The number of carbonyl (C=O) groups excluding carboxylic acids is 1. The van der Waals surface area contributed by atoms with Gasteiger partial charge >= 0.3 is 0 Å². The van der Waals surface area contributed by atoms with Gasteiger partial charge in [0.05, 0.1) is 0 Å². The van der Waals surface area contributed by atoms with Crippen LogP contribution < -0.4 is 10.6 Å². The Morgan fingerprint density at radius 3 is 2.33 bits per heavy atom. The molecule has 1 amide bonds. The van der Waals surface area contributed by atoms with Crippen molar-refractivity contribution in [2.24, 2.45) is 11.7 Å². The third-order valence-electron chi connectivity index (χ3n) is 3.88. The number of hydrogen-bond donors (Lipinski definition) is 1. The van der Waals surface area contributed by atoms with Gasteiger partial charge in [-0.25, -0.2) is 0 Å². The molecule has 0 atom stereocenters. The molecule has 0 saturated carbocycles. The Kier molecular flexibility index (Phi) is 8.06. The average Bonchev–Trinajstić information content (AvgIpc) is 2.49. The number of anilines is 1. The first-order valence-corrected chi connectivity index (χ1v) is 8.22. The first-order chi connectivity index (χ1) is 10.2. The fourth-order valence-electron chi connectivity index (χ4n) is 2.77. The summed E-state index contributed by atoms with van der Waals surface area (Å²) in [6, 6.07) is 8.12. The predicted octanol–water partition coefficient (Wildman–Crippen LogP) is 3.89. The highest BCUT2D eigenvalue weighted by atomic mass is 16.2. The summed E-state index contributed by atoms with van der Waals surface area (Å²) < 4.78 is 0. The fourth-order valence-corrected chi connectivity index (χ4v) is 2.77. The van der Waals surface area contributed by atoms with Crippen LogP contribution in [-0.4, -0.2) is 19.0 Å². The number of hydrogen-bond acceptors (Lipinski definition) is 2. The third kappa shape index (κ3) is 5.16. The Morgan fingerprint density at radius 1 is 1.19 bits per heavy atom. The van der Waals surface area contributed by atoms with Gasteiger partial charge < -0.3 is 10.6 Å². The van der Waals surface area contributed by atoms with Gasteiger partial charge in [0.25, 0.3) is 0 Å². The highest BCUT2D eigenvalue weighted by molar-refractivity contribution is 5.95. The topological polar surface area (TPSA) is 46.3 Å². The quantitative estimate of drug-likeness (QED) is 0.750. The lowest BCUT2D eigenvalue weighted by molar-refractivity contribution is -0.122. The molecule has 1 rings (SSSR count). The number of para-hydroxylation sites is 1. The van der Waals surface area contributed by atoms with Crippen molar-refractivity contribution < 1.29 is 4.79 Å². The molecule has 0 fully saturated rings. The Balaban J connectivity index is 3.00. The Morgan fingerprint density at radius 2 is 1.81 bits per heavy atom. The van der Waals surface area contributed by atoms with E-state index >= 15 is 0 Å². The number of aryl methyl sites for hydroxylation is 1. The summed E-state index contributed by atoms with van der Waals surface area (Å²) >= 11 is 0. The molecule has 0 spiro atoms. The first kappa shape index (κ1) is 17.7. The number of nitrogens with two attached hydrogens (primary N) is 1. The molecule has 1 aromatic carbocycles. The Bertz CT molecular complexity index is 425. The molecule has 118 valence electrons. The van der Waals surface area contributed by atoms with Crippen molar-refractivity contribution >= 4 is 11.6 Å². The standard InChI is InChI=1S/C18H30N2O/c1-4-9-16(10-5-2)18(21)20(14-8-13-19)17-12-7-6-11-15(17)3/h6-7,11-12,16H,4-5,8-10,13-14,19H2,1-3H3. The summed E-state index contributed by atoms with van der Waals surface area (Å²) in [6.07, 6.45) is 4.88. The zero-order chi connectivity index (χ0) is 15.7. The molecule has 21 heavy (non-hydrogen) atoms. The van der Waals surface area contributed by atoms with Crippen LogP contribution in [0.5, 0.6) is 0 Å². The van der Waals surface area contributed by atoms with E-state index in [-0.39, 0.29) is 11.8 Å². The summed E-state index contributed by atoms with van der Waals surface area (Å²) in [7, 11) is 0. The lowest BCUT2D eigenvalue weighted by Crippen LogP contribution is -2.38. The lowest BCUT2D eigenvalue weighted by Gasteiger charge is -2.28. The molecule has 0 bridgehead atoms. The molecule has 0 aliphatic rings. The number of carbonyl (C=O) groups is 1. The lowest BCUT2D eigenvalue weighted by atomic mass is 9.96. The van der Waals surface area contributed by atoms with Crippen molar-refractivity contribution in [1.82, 2.24) is 0 Å². The molecule has 1 aromatic rings. The van der Waals surface area contributed by atoms with E-state index in [1.807, 2.05) is 23.1 Å². The SMILES string of the molecule is CCCC(CCC)C(=O)N(CCCN)c1ccccc1C. The van der Waals surface area contributed by atoms with Gasteiger partial charge in [0.1, 0.15) is 0 Å². The van der Waals surface area contributed by atoms with Gasteiger partial charge in [-0.15, -0.1) is 0 Å². The molecule has 0 unspecified atom stereocenters. The van der Waals surface area contributed by atoms with Gasteiger partial charge in [0.2, 0.25) is 5.91 Å². The van der Waals surface area contributed by atoms with E-state index in [1.165, 1.54) is 0 Å². The zero-order valence-corrected chi connectivity index (χ0v) is 13.8. The minimum absolute atomic E-state index is 0.136. The van der Waals surface area contributed by atoms with Crippen molar-refractivity contribution in [2.45, 2.75) is 52.9 Å². The summed E-state index contributed by atoms with van der Waals surface area (Å²) in [5.74, 6) is 0.402. The summed E-state index contributed by atoms with van der Waals surface area (Å²) in [4.78, 5) is 14.9. The molecule has 0 aliphatic heterocycles. The second-order valence-electron chi connectivity index (χ2n) is 5.69. The van der Waals surface area contributed by atoms with Crippen molar-refractivity contribution in [3.63, 3.8) is 0 Å². The van der Waals surface area contributed by atoms with Crippen LogP contribution in [0.3, 0.4) is 0 Å². The smallest absolute Gasteiger partial charge is 0.230 e. The maximum Gasteiger partial charge on any atom is 0.230 e. The van der Waals surface area contributed by atoms with Crippen LogP contribution in [0.15, 0.2) is 24.3 Å². The van der Waals surface area contributed by atoms with Gasteiger partial charge in [-0.3, -0.25) is 4.79 Å². The van der Waals surface area contributed by atoms with E-state index in [0.29, 0.717) is 13.1 Å². The van der Waals surface area contributed by atoms with E-state index < -0.39 is 0 Å². The number of benzene rings is 1. The molecular weight excluding hydrogens is 260 g/mol. The second-order valence-corrected chi connectivity index (χ2v) is 5.69. The van der Waals surface area contributed by atoms with Crippen molar-refractivity contribution in [2.75, 3.05) is 18.0 Å². The van der Waals surface area contributed by atoms with Crippen molar-refractivity contribution in [1.29, 1.82) is 0 Å². The minimum Gasteiger partial charge on any atom is -0.330 e. The van der Waals surface area contributed by atoms with Crippen molar-refractivity contribution in [3.8, 4) is 0 Å². The number of rotatable bonds is 9. The van der Waals surface area contributed by atoms with Crippen LogP contribution in [0.2, 0.25) is 0 Å². The predicted molar refractivity (Wildman–Crippen MR) is 90.5 cm³/mol. The molecule has 0 aromatic heterocycles. The van der Waals surface area contributed by atoms with Crippen LogP contribution in [0.4, 0.5) is 5.69 Å². The molecule has 0 saturated heterocycles. The molecule has 3 nitrogen and oxygen atoms in total. The summed E-state index contributed by atoms with van der Waals surface area (Å²) in [5, 5.41) is 0. The van der Waals surface area contributed by atoms with Gasteiger partial charge in [0, 0.05) is 18.2 Å². The summed E-state index contributed by atoms with van der Waals surface area (Å²) in [6.45, 7) is 7.68. The number of nitrogens with zero attached hydrogens (tertiary/aromatic N) is 1. The molecule has 0 heterocycles. The zero-order valence-electron chi connectivity index (χ0n) is 13.8. The van der Waals surface area contributed by atoms with Gasteiger partial charge in [-0.05, 0) is 44.4 Å². The van der Waals surface area contributed by atoms with Crippen LogP contribution in [0.1, 0.15) is 51.5 Å². The minimum atomic E-state index is 0.136. The largest absolute Gasteiger partial charge is 0.330 e. The van der Waals surface area contributed by atoms with Crippen molar-refractivity contribution in [3.05, 3.63) is 29.8 Å². The van der Waals surface area contributed by atoms with Gasteiger partial charge in [0.15, 0.2) is 0 Å². The highest BCUT2D eigenvalue weighted by Gasteiger charge is 2.24. The first-order valence-electron chi connectivity index (χ1n) is 8.22. The average molecular weight is 290 g/mol. The van der Waals surface area contributed by atoms with E-state index in [9.17, 15) is 4.79 Å². The van der Waals surface area contributed by atoms with Crippen LogP contribution in [0.25, 0.3) is 0 Å². The maximum absolute atomic E-state index is 13.0. The fraction of sp³-hybridized carbons (Fsp3) is 0.611. The Labute approximate surface area is 129 Å². The molecule has 2 N–H and O–H groups in total. The highest BCUT2D eigenvalue weighted by Crippen LogP contribution is 2.25. The van der Waals surface area contributed by atoms with Crippen LogP contribution in [0, 0.1) is 12.8 Å². The molecule has 3 heteroatoms. The molecule has 0 radical (unpaired) electrons. The van der Waals surface area contributed by atoms with E-state index in [1.54, 1.807) is 0 Å². The Hall–Kier alpha value is -1.35.